The molecule has 0 fully saturated rings. The summed E-state index contributed by atoms with van der Waals surface area (Å²) < 4.78 is 3.37. The second kappa shape index (κ2) is 7.89. The van der Waals surface area contributed by atoms with Gasteiger partial charge in [-0.1, -0.05) is 19.1 Å². The third kappa shape index (κ3) is 4.01. The number of amides is 2. The van der Waals surface area contributed by atoms with Crippen molar-refractivity contribution in [1.29, 1.82) is 0 Å². The van der Waals surface area contributed by atoms with Crippen molar-refractivity contribution >= 4 is 11.8 Å². The minimum Gasteiger partial charge on any atom is -0.346 e. The topological polar surface area (TPSA) is 97.9 Å². The minimum absolute atomic E-state index is 0.0109. The molecule has 2 aromatic rings. The summed E-state index contributed by atoms with van der Waals surface area (Å²) in [5.74, 6) is -0.114. The molecule has 1 aliphatic heterocycles. The van der Waals surface area contributed by atoms with E-state index in [1.807, 2.05) is 24.7 Å². The Morgan fingerprint density at radius 2 is 2.19 bits per heavy atom. The third-order valence-corrected chi connectivity index (χ3v) is 4.69. The molecule has 0 saturated carbocycles. The molecule has 9 heteroatoms. The monoisotopic (exact) mass is 373 g/mol. The van der Waals surface area contributed by atoms with Crippen molar-refractivity contribution in [3.63, 3.8) is 0 Å². The van der Waals surface area contributed by atoms with E-state index in [9.17, 15) is 9.59 Å². The van der Waals surface area contributed by atoms with Gasteiger partial charge in [-0.25, -0.2) is 4.68 Å². The van der Waals surface area contributed by atoms with Crippen LogP contribution in [0, 0.1) is 5.92 Å². The number of aryl methyl sites for hydroxylation is 1. The SMILES string of the molecule is CCN(Cc1cnn(CC)c1)C(=O)c1nnn2c1C(=O)N[C@@H](CC(C)C)C2. The first-order valence-corrected chi connectivity index (χ1v) is 9.47. The van der Waals surface area contributed by atoms with Crippen molar-refractivity contribution < 1.29 is 9.59 Å². The van der Waals surface area contributed by atoms with Crippen molar-refractivity contribution in [2.45, 2.75) is 59.8 Å². The summed E-state index contributed by atoms with van der Waals surface area (Å²) in [6.45, 7) is 10.4. The van der Waals surface area contributed by atoms with Crippen molar-refractivity contribution in [3.8, 4) is 0 Å². The van der Waals surface area contributed by atoms with Gasteiger partial charge in [0.25, 0.3) is 11.8 Å². The van der Waals surface area contributed by atoms with E-state index in [1.165, 1.54) is 0 Å². The van der Waals surface area contributed by atoms with Gasteiger partial charge in [0.1, 0.15) is 0 Å². The van der Waals surface area contributed by atoms with E-state index in [1.54, 1.807) is 15.8 Å². The number of carbonyl (C=O) groups is 2. The Labute approximate surface area is 158 Å². The molecule has 2 aromatic heterocycles. The van der Waals surface area contributed by atoms with Gasteiger partial charge in [-0.15, -0.1) is 5.10 Å². The highest BCUT2D eigenvalue weighted by Gasteiger charge is 2.33. The number of nitrogens with zero attached hydrogens (tertiary/aromatic N) is 6. The van der Waals surface area contributed by atoms with Crippen LogP contribution in [-0.2, 0) is 19.6 Å². The Morgan fingerprint density at radius 3 is 2.81 bits per heavy atom. The molecule has 0 unspecified atom stereocenters. The Morgan fingerprint density at radius 1 is 1.41 bits per heavy atom. The summed E-state index contributed by atoms with van der Waals surface area (Å²) in [6.07, 6.45) is 4.53. The third-order valence-electron chi connectivity index (χ3n) is 4.69. The van der Waals surface area contributed by atoms with Crippen LogP contribution in [-0.4, -0.2) is 54.1 Å². The Hall–Kier alpha value is -2.71. The number of hydrogen-bond donors (Lipinski definition) is 1. The predicted octanol–water partition coefficient (Wildman–Crippen LogP) is 1.31. The average molecular weight is 373 g/mol. The van der Waals surface area contributed by atoms with Crippen LogP contribution >= 0.6 is 0 Å². The van der Waals surface area contributed by atoms with Crippen LogP contribution in [0.3, 0.4) is 0 Å². The summed E-state index contributed by atoms with van der Waals surface area (Å²) in [5.41, 5.74) is 1.30. The van der Waals surface area contributed by atoms with Gasteiger partial charge in [0.2, 0.25) is 0 Å². The fourth-order valence-corrected chi connectivity index (χ4v) is 3.38. The van der Waals surface area contributed by atoms with Gasteiger partial charge in [-0.3, -0.25) is 14.3 Å². The molecule has 1 N–H and O–H groups in total. The maximum atomic E-state index is 13.0. The van der Waals surface area contributed by atoms with E-state index < -0.39 is 0 Å². The molecular weight excluding hydrogens is 346 g/mol. The summed E-state index contributed by atoms with van der Waals surface area (Å²) in [6, 6.07) is 0.0109. The molecule has 0 radical (unpaired) electrons. The Bertz CT molecular complexity index is 824. The highest BCUT2D eigenvalue weighted by Crippen LogP contribution is 2.18. The summed E-state index contributed by atoms with van der Waals surface area (Å²) in [4.78, 5) is 27.2. The van der Waals surface area contributed by atoms with Gasteiger partial charge in [0.15, 0.2) is 11.4 Å². The van der Waals surface area contributed by atoms with E-state index in [-0.39, 0.29) is 29.2 Å². The molecule has 0 aliphatic carbocycles. The van der Waals surface area contributed by atoms with Crippen LogP contribution in [0.5, 0.6) is 0 Å². The van der Waals surface area contributed by atoms with Crippen molar-refractivity contribution in [3.05, 3.63) is 29.3 Å². The van der Waals surface area contributed by atoms with Crippen molar-refractivity contribution in [2.24, 2.45) is 5.92 Å². The molecule has 1 aliphatic rings. The molecule has 3 rings (SSSR count). The highest BCUT2D eigenvalue weighted by atomic mass is 16.2. The molecule has 9 nitrogen and oxygen atoms in total. The largest absolute Gasteiger partial charge is 0.346 e. The normalized spacial score (nSPS) is 16.3. The average Bonchev–Trinajstić information content (AvgIpc) is 3.25. The predicted molar refractivity (Wildman–Crippen MR) is 99.0 cm³/mol. The molecule has 0 bridgehead atoms. The van der Waals surface area contributed by atoms with Gasteiger partial charge < -0.3 is 10.2 Å². The molecule has 3 heterocycles. The van der Waals surface area contributed by atoms with Crippen LogP contribution in [0.4, 0.5) is 0 Å². The second-order valence-corrected chi connectivity index (χ2v) is 7.29. The zero-order valence-electron chi connectivity index (χ0n) is 16.3. The fourth-order valence-electron chi connectivity index (χ4n) is 3.38. The lowest BCUT2D eigenvalue weighted by Gasteiger charge is -2.26. The zero-order valence-corrected chi connectivity index (χ0v) is 16.3. The van der Waals surface area contributed by atoms with Crippen LogP contribution < -0.4 is 5.32 Å². The summed E-state index contributed by atoms with van der Waals surface area (Å²) >= 11 is 0. The standard InChI is InChI=1S/C18H27N7O2/c1-5-23(9-13-8-19-24(6-2)10-13)18(27)15-16-17(26)20-14(7-12(3)4)11-25(16)22-21-15/h8,10,12,14H,5-7,9,11H2,1-4H3,(H,20,26)/t14-/m0/s1. The zero-order chi connectivity index (χ0) is 19.6. The molecule has 146 valence electrons. The molecule has 0 spiro atoms. The number of aromatic nitrogens is 5. The molecule has 2 amide bonds. The van der Waals surface area contributed by atoms with E-state index >= 15 is 0 Å². The maximum absolute atomic E-state index is 13.0. The lowest BCUT2D eigenvalue weighted by Crippen LogP contribution is -2.46. The quantitative estimate of drug-likeness (QED) is 0.789. The van der Waals surface area contributed by atoms with Gasteiger partial charge in [-0.05, 0) is 26.2 Å². The lowest BCUT2D eigenvalue weighted by atomic mass is 10.0. The first-order chi connectivity index (χ1) is 12.9. The number of nitrogens with one attached hydrogen (secondary N) is 1. The fraction of sp³-hybridized carbons (Fsp3) is 0.611. The van der Waals surface area contributed by atoms with Crippen LogP contribution in [0.25, 0.3) is 0 Å². The first kappa shape index (κ1) is 19.1. The van der Waals surface area contributed by atoms with E-state index in [0.29, 0.717) is 25.6 Å². The molecule has 0 saturated heterocycles. The number of rotatable bonds is 7. The van der Waals surface area contributed by atoms with Gasteiger partial charge in [-0.2, -0.15) is 5.10 Å². The van der Waals surface area contributed by atoms with E-state index in [4.69, 9.17) is 0 Å². The second-order valence-electron chi connectivity index (χ2n) is 7.29. The van der Waals surface area contributed by atoms with Gasteiger partial charge in [0, 0.05) is 37.4 Å². The molecule has 0 aromatic carbocycles. The number of fused-ring (bicyclic) bond motifs is 1. The van der Waals surface area contributed by atoms with Gasteiger partial charge >= 0.3 is 0 Å². The highest BCUT2D eigenvalue weighted by molar-refractivity contribution is 6.05. The van der Waals surface area contributed by atoms with Crippen molar-refractivity contribution in [2.75, 3.05) is 6.54 Å². The minimum atomic E-state index is -0.291. The maximum Gasteiger partial charge on any atom is 0.277 e. The smallest absolute Gasteiger partial charge is 0.277 e. The molecule has 27 heavy (non-hydrogen) atoms. The Balaban J connectivity index is 1.79. The van der Waals surface area contributed by atoms with E-state index in [2.05, 4.69) is 34.6 Å². The first-order valence-electron chi connectivity index (χ1n) is 9.47. The summed E-state index contributed by atoms with van der Waals surface area (Å²) in [7, 11) is 0. The van der Waals surface area contributed by atoms with Crippen LogP contribution in [0.15, 0.2) is 12.4 Å². The molecule has 1 atom stereocenters. The van der Waals surface area contributed by atoms with E-state index in [0.717, 1.165) is 18.5 Å². The van der Waals surface area contributed by atoms with Crippen molar-refractivity contribution in [1.82, 2.24) is 35.0 Å². The molecular formula is C18H27N7O2. The Kier molecular flexibility index (Phi) is 5.57. The van der Waals surface area contributed by atoms with Gasteiger partial charge in [0.05, 0.1) is 12.7 Å². The number of carbonyl (C=O) groups excluding carboxylic acids is 2. The summed E-state index contributed by atoms with van der Waals surface area (Å²) in [5, 5.41) is 15.3. The van der Waals surface area contributed by atoms with Crippen LogP contribution in [0.2, 0.25) is 0 Å². The van der Waals surface area contributed by atoms with Crippen LogP contribution in [0.1, 0.15) is 60.7 Å². The lowest BCUT2D eigenvalue weighted by molar-refractivity contribution is 0.0736. The number of hydrogen-bond acceptors (Lipinski definition) is 5.